The van der Waals surface area contributed by atoms with E-state index in [2.05, 4.69) is 6.92 Å². The molecule has 2 rings (SSSR count). The van der Waals surface area contributed by atoms with Crippen molar-refractivity contribution in [3.8, 4) is 0 Å². The Labute approximate surface area is 108 Å². The number of aromatic carboxylic acids is 1. The van der Waals surface area contributed by atoms with Crippen molar-refractivity contribution in [2.45, 2.75) is 45.3 Å². The van der Waals surface area contributed by atoms with Crippen LogP contribution in [0, 0.1) is 5.92 Å². The Hall–Kier alpha value is -1.35. The monoisotopic (exact) mass is 248 g/mol. The summed E-state index contributed by atoms with van der Waals surface area (Å²) in [6, 6.07) is 6.92. The molecule has 1 fully saturated rings. The average molecular weight is 248 g/mol. The van der Waals surface area contributed by atoms with Gasteiger partial charge in [0.2, 0.25) is 0 Å². The Kier molecular flexibility index (Phi) is 4.37. The first-order chi connectivity index (χ1) is 8.65. The smallest absolute Gasteiger partial charge is 0.335 e. The van der Waals surface area contributed by atoms with Crippen molar-refractivity contribution in [2.75, 3.05) is 0 Å². The zero-order chi connectivity index (χ0) is 13.0. The normalized spacial score (nSPS) is 23.8. The SMILES string of the molecule is CC1CCCC(OCc2ccc(C(=O)O)cc2)C1. The Morgan fingerprint density at radius 3 is 2.67 bits per heavy atom. The summed E-state index contributed by atoms with van der Waals surface area (Å²) in [4.78, 5) is 10.7. The Balaban J connectivity index is 1.84. The number of carboxylic acid groups (broad SMARTS) is 1. The fourth-order valence-electron chi connectivity index (χ4n) is 2.49. The van der Waals surface area contributed by atoms with Gasteiger partial charge in [0.05, 0.1) is 18.3 Å². The second kappa shape index (κ2) is 6.01. The van der Waals surface area contributed by atoms with E-state index < -0.39 is 5.97 Å². The highest BCUT2D eigenvalue weighted by Crippen LogP contribution is 2.26. The van der Waals surface area contributed by atoms with Crippen LogP contribution in [0.2, 0.25) is 0 Å². The van der Waals surface area contributed by atoms with Gasteiger partial charge in [0.25, 0.3) is 0 Å². The first-order valence-corrected chi connectivity index (χ1v) is 6.59. The van der Waals surface area contributed by atoms with E-state index in [1.165, 1.54) is 12.8 Å². The molecular formula is C15H20O3. The summed E-state index contributed by atoms with van der Waals surface area (Å²) >= 11 is 0. The van der Waals surface area contributed by atoms with Gasteiger partial charge in [-0.2, -0.15) is 0 Å². The molecule has 1 aliphatic carbocycles. The molecule has 1 aromatic rings. The maximum atomic E-state index is 10.7. The summed E-state index contributed by atoms with van der Waals surface area (Å²) in [5.41, 5.74) is 1.36. The van der Waals surface area contributed by atoms with Gasteiger partial charge < -0.3 is 9.84 Å². The van der Waals surface area contributed by atoms with Crippen LogP contribution in [0.1, 0.15) is 48.5 Å². The van der Waals surface area contributed by atoms with Gasteiger partial charge in [-0.15, -0.1) is 0 Å². The molecular weight excluding hydrogens is 228 g/mol. The van der Waals surface area contributed by atoms with Crippen molar-refractivity contribution in [1.29, 1.82) is 0 Å². The Morgan fingerprint density at radius 2 is 2.06 bits per heavy atom. The summed E-state index contributed by atoms with van der Waals surface area (Å²) in [6.07, 6.45) is 5.23. The first kappa shape index (κ1) is 13.1. The van der Waals surface area contributed by atoms with Crippen LogP contribution >= 0.6 is 0 Å². The molecule has 18 heavy (non-hydrogen) atoms. The molecule has 0 aliphatic heterocycles. The minimum absolute atomic E-state index is 0.324. The van der Waals surface area contributed by atoms with Gasteiger partial charge in [-0.3, -0.25) is 0 Å². The number of carbonyl (C=O) groups is 1. The zero-order valence-electron chi connectivity index (χ0n) is 10.8. The van der Waals surface area contributed by atoms with E-state index in [1.54, 1.807) is 12.1 Å². The predicted molar refractivity (Wildman–Crippen MR) is 69.6 cm³/mol. The second-order valence-corrected chi connectivity index (χ2v) is 5.21. The summed E-state index contributed by atoms with van der Waals surface area (Å²) in [6.45, 7) is 2.86. The standard InChI is InChI=1S/C15H20O3/c1-11-3-2-4-14(9-11)18-10-12-5-7-13(8-6-12)15(16)17/h5-8,11,14H,2-4,9-10H2,1H3,(H,16,17). The third-order valence-electron chi connectivity index (χ3n) is 3.57. The molecule has 0 amide bonds. The minimum atomic E-state index is -0.886. The Morgan fingerprint density at radius 1 is 1.33 bits per heavy atom. The predicted octanol–water partition coefficient (Wildman–Crippen LogP) is 3.48. The highest BCUT2D eigenvalue weighted by atomic mass is 16.5. The lowest BCUT2D eigenvalue weighted by Crippen LogP contribution is -2.21. The van der Waals surface area contributed by atoms with Crippen molar-refractivity contribution in [2.24, 2.45) is 5.92 Å². The van der Waals surface area contributed by atoms with Crippen LogP contribution in [-0.2, 0) is 11.3 Å². The van der Waals surface area contributed by atoms with Crippen LogP contribution in [0.4, 0.5) is 0 Å². The third-order valence-corrected chi connectivity index (χ3v) is 3.57. The lowest BCUT2D eigenvalue weighted by atomic mass is 9.89. The molecule has 1 saturated carbocycles. The average Bonchev–Trinajstić information content (AvgIpc) is 2.37. The van der Waals surface area contributed by atoms with E-state index in [9.17, 15) is 4.79 Å². The minimum Gasteiger partial charge on any atom is -0.478 e. The topological polar surface area (TPSA) is 46.5 Å². The van der Waals surface area contributed by atoms with E-state index in [-0.39, 0.29) is 0 Å². The lowest BCUT2D eigenvalue weighted by Gasteiger charge is -2.26. The molecule has 0 radical (unpaired) electrons. The van der Waals surface area contributed by atoms with Crippen LogP contribution in [0.5, 0.6) is 0 Å². The zero-order valence-corrected chi connectivity index (χ0v) is 10.8. The van der Waals surface area contributed by atoms with E-state index in [1.807, 2.05) is 12.1 Å². The van der Waals surface area contributed by atoms with Crippen molar-refractivity contribution >= 4 is 5.97 Å². The fourth-order valence-corrected chi connectivity index (χ4v) is 2.49. The van der Waals surface area contributed by atoms with Crippen LogP contribution in [0.25, 0.3) is 0 Å². The highest BCUT2D eigenvalue weighted by Gasteiger charge is 2.19. The molecule has 2 unspecified atom stereocenters. The molecule has 0 saturated heterocycles. The van der Waals surface area contributed by atoms with Crippen LogP contribution in [0.3, 0.4) is 0 Å². The molecule has 1 N–H and O–H groups in total. The fraction of sp³-hybridized carbons (Fsp3) is 0.533. The largest absolute Gasteiger partial charge is 0.478 e. The second-order valence-electron chi connectivity index (χ2n) is 5.21. The maximum Gasteiger partial charge on any atom is 0.335 e. The first-order valence-electron chi connectivity index (χ1n) is 6.59. The third kappa shape index (κ3) is 3.57. The van der Waals surface area contributed by atoms with Gasteiger partial charge >= 0.3 is 5.97 Å². The molecule has 1 aliphatic rings. The molecule has 3 nitrogen and oxygen atoms in total. The number of hydrogen-bond donors (Lipinski definition) is 1. The number of rotatable bonds is 4. The molecule has 98 valence electrons. The molecule has 0 bridgehead atoms. The number of ether oxygens (including phenoxy) is 1. The lowest BCUT2D eigenvalue weighted by molar-refractivity contribution is 0.00465. The van der Waals surface area contributed by atoms with E-state index in [4.69, 9.17) is 9.84 Å². The van der Waals surface area contributed by atoms with Crippen LogP contribution < -0.4 is 0 Å². The highest BCUT2D eigenvalue weighted by molar-refractivity contribution is 5.87. The number of hydrogen-bond acceptors (Lipinski definition) is 2. The van der Waals surface area contributed by atoms with Crippen molar-refractivity contribution < 1.29 is 14.6 Å². The van der Waals surface area contributed by atoms with Crippen molar-refractivity contribution in [3.05, 3.63) is 35.4 Å². The van der Waals surface area contributed by atoms with Gasteiger partial charge in [-0.1, -0.05) is 31.9 Å². The van der Waals surface area contributed by atoms with E-state index in [0.29, 0.717) is 18.3 Å². The van der Waals surface area contributed by atoms with Crippen LogP contribution in [0.15, 0.2) is 24.3 Å². The molecule has 2 atom stereocenters. The van der Waals surface area contributed by atoms with Gasteiger partial charge in [0.15, 0.2) is 0 Å². The molecule has 1 aromatic carbocycles. The van der Waals surface area contributed by atoms with Crippen molar-refractivity contribution in [1.82, 2.24) is 0 Å². The maximum absolute atomic E-state index is 10.7. The summed E-state index contributed by atoms with van der Waals surface area (Å²) in [5, 5.41) is 8.81. The van der Waals surface area contributed by atoms with Crippen LogP contribution in [-0.4, -0.2) is 17.2 Å². The van der Waals surface area contributed by atoms with Gasteiger partial charge in [-0.05, 0) is 36.5 Å². The quantitative estimate of drug-likeness (QED) is 0.887. The van der Waals surface area contributed by atoms with Gasteiger partial charge in [-0.25, -0.2) is 4.79 Å². The number of carboxylic acids is 1. The number of benzene rings is 1. The van der Waals surface area contributed by atoms with Gasteiger partial charge in [0.1, 0.15) is 0 Å². The van der Waals surface area contributed by atoms with E-state index >= 15 is 0 Å². The summed E-state index contributed by atoms with van der Waals surface area (Å²) in [5.74, 6) is -0.123. The molecule has 0 spiro atoms. The van der Waals surface area contributed by atoms with E-state index in [0.717, 1.165) is 24.3 Å². The summed E-state index contributed by atoms with van der Waals surface area (Å²) < 4.78 is 5.89. The molecule has 3 heteroatoms. The Bertz CT molecular complexity index is 397. The van der Waals surface area contributed by atoms with Gasteiger partial charge in [0, 0.05) is 0 Å². The summed E-state index contributed by atoms with van der Waals surface area (Å²) in [7, 11) is 0. The molecule has 0 heterocycles. The molecule has 0 aromatic heterocycles. The van der Waals surface area contributed by atoms with Crippen molar-refractivity contribution in [3.63, 3.8) is 0 Å².